The maximum atomic E-state index is 12.7. The van der Waals surface area contributed by atoms with Gasteiger partial charge in [0, 0.05) is 34.3 Å². The summed E-state index contributed by atoms with van der Waals surface area (Å²) in [4.78, 5) is 12.7. The van der Waals surface area contributed by atoms with Gasteiger partial charge in [0.05, 0.1) is 6.54 Å². The Labute approximate surface area is 173 Å². The van der Waals surface area contributed by atoms with E-state index in [9.17, 15) is 4.79 Å². The molecular formula is C23H23BrN2O2. The topological polar surface area (TPSA) is 50.4 Å². The third-order valence-corrected chi connectivity index (χ3v) is 5.87. The van der Waals surface area contributed by atoms with Crippen LogP contribution < -0.4 is 10.6 Å². The van der Waals surface area contributed by atoms with Crippen LogP contribution in [0.15, 0.2) is 71.2 Å². The van der Waals surface area contributed by atoms with Gasteiger partial charge >= 0.3 is 0 Å². The first kappa shape index (κ1) is 19.1. The summed E-state index contributed by atoms with van der Waals surface area (Å²) in [6, 6.07) is 22.3. The van der Waals surface area contributed by atoms with Crippen molar-refractivity contribution in [1.29, 1.82) is 0 Å². The predicted octanol–water partition coefficient (Wildman–Crippen LogP) is 4.84. The van der Waals surface area contributed by atoms with Crippen LogP contribution in [0.3, 0.4) is 0 Å². The Morgan fingerprint density at radius 1 is 1.00 bits per heavy atom. The van der Waals surface area contributed by atoms with Gasteiger partial charge in [-0.2, -0.15) is 0 Å². The number of anilines is 1. The Bertz CT molecular complexity index is 978. The predicted molar refractivity (Wildman–Crippen MR) is 116 cm³/mol. The van der Waals surface area contributed by atoms with Crippen LogP contribution in [0.5, 0.6) is 0 Å². The lowest BCUT2D eigenvalue weighted by molar-refractivity contribution is -0.116. The van der Waals surface area contributed by atoms with Gasteiger partial charge in [-0.05, 0) is 42.0 Å². The molecule has 144 valence electrons. The van der Waals surface area contributed by atoms with Crippen molar-refractivity contribution < 1.29 is 9.53 Å². The average Bonchev–Trinajstić information content (AvgIpc) is 2.73. The molecule has 1 aliphatic heterocycles. The van der Waals surface area contributed by atoms with E-state index in [1.54, 1.807) is 0 Å². The lowest BCUT2D eigenvalue weighted by atomic mass is 9.82. The number of nitrogens with one attached hydrogen (secondary N) is 2. The molecular weight excluding hydrogens is 416 g/mol. The van der Waals surface area contributed by atoms with Gasteiger partial charge in [-0.15, -0.1) is 0 Å². The highest BCUT2D eigenvalue weighted by atomic mass is 79.9. The molecule has 4 rings (SSSR count). The molecule has 0 atom stereocenters. The smallest absolute Gasteiger partial charge is 0.238 e. The van der Waals surface area contributed by atoms with Gasteiger partial charge in [0.25, 0.3) is 0 Å². The Kier molecular flexibility index (Phi) is 5.76. The third-order valence-electron chi connectivity index (χ3n) is 5.37. The van der Waals surface area contributed by atoms with Crippen molar-refractivity contribution in [3.05, 3.63) is 76.8 Å². The van der Waals surface area contributed by atoms with E-state index in [2.05, 4.69) is 38.7 Å². The van der Waals surface area contributed by atoms with Crippen molar-refractivity contribution in [2.45, 2.75) is 18.4 Å². The zero-order chi connectivity index (χ0) is 19.4. The van der Waals surface area contributed by atoms with E-state index in [4.69, 9.17) is 4.74 Å². The third kappa shape index (κ3) is 4.12. The number of hydrogen-bond donors (Lipinski definition) is 2. The lowest BCUT2D eigenvalue weighted by Crippen LogP contribution is -2.49. The average molecular weight is 439 g/mol. The van der Waals surface area contributed by atoms with Gasteiger partial charge < -0.3 is 10.1 Å². The van der Waals surface area contributed by atoms with E-state index in [0.717, 1.165) is 33.8 Å². The number of hydrogen-bond acceptors (Lipinski definition) is 3. The number of amides is 1. The van der Waals surface area contributed by atoms with Gasteiger partial charge in [0.1, 0.15) is 0 Å². The summed E-state index contributed by atoms with van der Waals surface area (Å²) in [7, 11) is 0. The standard InChI is InChI=1S/C23H23BrN2O2/c24-19-8-4-7-18(15-19)23(11-13-28-14-12-23)25-16-22(27)26-21-10-3-6-17-5-1-2-9-20(17)21/h1-10,15,25H,11-14,16H2,(H,26,27). The first-order valence-corrected chi connectivity index (χ1v) is 10.3. The van der Waals surface area contributed by atoms with E-state index in [0.29, 0.717) is 13.2 Å². The van der Waals surface area contributed by atoms with Crippen molar-refractivity contribution in [2.75, 3.05) is 25.1 Å². The number of fused-ring (bicyclic) bond motifs is 1. The summed E-state index contributed by atoms with van der Waals surface area (Å²) < 4.78 is 6.61. The number of halogens is 1. The van der Waals surface area contributed by atoms with E-state index in [1.165, 1.54) is 5.56 Å². The quantitative estimate of drug-likeness (QED) is 0.599. The maximum absolute atomic E-state index is 12.7. The lowest BCUT2D eigenvalue weighted by Gasteiger charge is -2.38. The van der Waals surface area contributed by atoms with E-state index in [-0.39, 0.29) is 18.0 Å². The van der Waals surface area contributed by atoms with Crippen molar-refractivity contribution >= 4 is 38.3 Å². The van der Waals surface area contributed by atoms with Gasteiger partial charge in [0.2, 0.25) is 5.91 Å². The normalized spacial score (nSPS) is 16.0. The molecule has 0 bridgehead atoms. The summed E-state index contributed by atoms with van der Waals surface area (Å²) in [5, 5.41) is 8.76. The van der Waals surface area contributed by atoms with Crippen molar-refractivity contribution in [2.24, 2.45) is 0 Å². The summed E-state index contributed by atoms with van der Waals surface area (Å²) >= 11 is 3.56. The molecule has 0 saturated carbocycles. The number of carbonyl (C=O) groups excluding carboxylic acids is 1. The molecule has 1 aliphatic rings. The van der Waals surface area contributed by atoms with Gasteiger partial charge in [-0.3, -0.25) is 10.1 Å². The highest BCUT2D eigenvalue weighted by Gasteiger charge is 2.34. The minimum atomic E-state index is -0.252. The fraction of sp³-hybridized carbons (Fsp3) is 0.261. The molecule has 1 fully saturated rings. The van der Waals surface area contributed by atoms with E-state index < -0.39 is 0 Å². The molecule has 0 aromatic heterocycles. The van der Waals surface area contributed by atoms with Crippen LogP contribution in [-0.4, -0.2) is 25.7 Å². The first-order valence-electron chi connectivity index (χ1n) is 9.53. The molecule has 28 heavy (non-hydrogen) atoms. The molecule has 1 saturated heterocycles. The van der Waals surface area contributed by atoms with Crippen LogP contribution in [0.1, 0.15) is 18.4 Å². The van der Waals surface area contributed by atoms with Crippen LogP contribution in [-0.2, 0) is 15.1 Å². The van der Waals surface area contributed by atoms with Crippen LogP contribution in [0.25, 0.3) is 10.8 Å². The highest BCUT2D eigenvalue weighted by Crippen LogP contribution is 2.33. The molecule has 5 heteroatoms. The second kappa shape index (κ2) is 8.43. The number of carbonyl (C=O) groups is 1. The molecule has 1 amide bonds. The summed E-state index contributed by atoms with van der Waals surface area (Å²) in [5.74, 6) is -0.0442. The highest BCUT2D eigenvalue weighted by molar-refractivity contribution is 9.10. The molecule has 0 spiro atoms. The fourth-order valence-electron chi connectivity index (χ4n) is 3.85. The summed E-state index contributed by atoms with van der Waals surface area (Å²) in [6.07, 6.45) is 1.68. The maximum Gasteiger partial charge on any atom is 0.238 e. The number of rotatable bonds is 5. The van der Waals surface area contributed by atoms with Crippen LogP contribution in [0.4, 0.5) is 5.69 Å². The fourth-order valence-corrected chi connectivity index (χ4v) is 4.25. The van der Waals surface area contributed by atoms with Gasteiger partial charge in [-0.1, -0.05) is 64.5 Å². The van der Waals surface area contributed by atoms with E-state index in [1.807, 2.05) is 54.6 Å². The zero-order valence-corrected chi connectivity index (χ0v) is 17.2. The van der Waals surface area contributed by atoms with Crippen LogP contribution >= 0.6 is 15.9 Å². The molecule has 0 radical (unpaired) electrons. The second-order valence-electron chi connectivity index (χ2n) is 7.13. The molecule has 0 unspecified atom stereocenters. The minimum absolute atomic E-state index is 0.0442. The molecule has 0 aliphatic carbocycles. The van der Waals surface area contributed by atoms with Gasteiger partial charge in [-0.25, -0.2) is 0 Å². The SMILES string of the molecule is O=C(CNC1(c2cccc(Br)c2)CCOCC1)Nc1cccc2ccccc12. The summed E-state index contributed by atoms with van der Waals surface area (Å²) in [6.45, 7) is 1.62. The monoisotopic (exact) mass is 438 g/mol. The van der Waals surface area contributed by atoms with Crippen molar-refractivity contribution in [3.8, 4) is 0 Å². The zero-order valence-electron chi connectivity index (χ0n) is 15.6. The van der Waals surface area contributed by atoms with Crippen LogP contribution in [0.2, 0.25) is 0 Å². The molecule has 3 aromatic carbocycles. The van der Waals surface area contributed by atoms with Crippen molar-refractivity contribution in [1.82, 2.24) is 5.32 Å². The first-order chi connectivity index (χ1) is 13.7. The number of ether oxygens (including phenoxy) is 1. The molecule has 1 heterocycles. The Hall–Kier alpha value is -2.21. The molecule has 2 N–H and O–H groups in total. The largest absolute Gasteiger partial charge is 0.381 e. The van der Waals surface area contributed by atoms with Crippen molar-refractivity contribution in [3.63, 3.8) is 0 Å². The Morgan fingerprint density at radius 3 is 2.57 bits per heavy atom. The second-order valence-corrected chi connectivity index (χ2v) is 8.05. The molecule has 4 nitrogen and oxygen atoms in total. The minimum Gasteiger partial charge on any atom is -0.381 e. The van der Waals surface area contributed by atoms with Gasteiger partial charge in [0.15, 0.2) is 0 Å². The number of benzene rings is 3. The van der Waals surface area contributed by atoms with Crippen LogP contribution in [0, 0.1) is 0 Å². The molecule has 3 aromatic rings. The Balaban J connectivity index is 1.50. The van der Waals surface area contributed by atoms with E-state index >= 15 is 0 Å². The summed E-state index contributed by atoms with van der Waals surface area (Å²) in [5.41, 5.74) is 1.77. The Morgan fingerprint density at radius 2 is 1.75 bits per heavy atom.